The molecule has 0 spiro atoms. The molecular formula is C17H21N7. The van der Waals surface area contributed by atoms with Gasteiger partial charge in [-0.3, -0.25) is 9.67 Å². The van der Waals surface area contributed by atoms with Gasteiger partial charge in [-0.25, -0.2) is 4.68 Å². The first-order chi connectivity index (χ1) is 11.8. The fourth-order valence-electron chi connectivity index (χ4n) is 2.33. The zero-order valence-corrected chi connectivity index (χ0v) is 13.8. The third-order valence-corrected chi connectivity index (χ3v) is 3.70. The Morgan fingerprint density at radius 2 is 1.88 bits per heavy atom. The van der Waals surface area contributed by atoms with Crippen LogP contribution >= 0.6 is 0 Å². The summed E-state index contributed by atoms with van der Waals surface area (Å²) in [5, 5.41) is 15.1. The fourth-order valence-corrected chi connectivity index (χ4v) is 2.33. The molecular weight excluding hydrogens is 302 g/mol. The number of aromatic nitrogens is 4. The molecule has 0 aliphatic rings. The van der Waals surface area contributed by atoms with E-state index in [1.165, 1.54) is 0 Å². The van der Waals surface area contributed by atoms with E-state index < -0.39 is 0 Å². The number of benzene rings is 1. The monoisotopic (exact) mass is 323 g/mol. The lowest BCUT2D eigenvalue weighted by molar-refractivity contribution is 0.684. The van der Waals surface area contributed by atoms with Gasteiger partial charge in [-0.2, -0.15) is 10.2 Å². The Balaban J connectivity index is 1.54. The van der Waals surface area contributed by atoms with E-state index in [1.807, 2.05) is 65.2 Å². The van der Waals surface area contributed by atoms with Gasteiger partial charge in [-0.1, -0.05) is 18.2 Å². The van der Waals surface area contributed by atoms with E-state index in [-0.39, 0.29) is 0 Å². The van der Waals surface area contributed by atoms with Crippen molar-refractivity contribution in [2.24, 2.45) is 12.0 Å². The lowest BCUT2D eigenvalue weighted by Crippen LogP contribution is -2.36. The van der Waals surface area contributed by atoms with E-state index in [4.69, 9.17) is 0 Å². The summed E-state index contributed by atoms with van der Waals surface area (Å²) in [5.74, 6) is 0.740. The van der Waals surface area contributed by atoms with Crippen LogP contribution in [0.25, 0.3) is 5.69 Å². The summed E-state index contributed by atoms with van der Waals surface area (Å²) in [4.78, 5) is 4.23. The minimum atomic E-state index is 0.651. The summed E-state index contributed by atoms with van der Waals surface area (Å²) < 4.78 is 3.70. The maximum Gasteiger partial charge on any atom is 0.191 e. The third-order valence-electron chi connectivity index (χ3n) is 3.70. The Morgan fingerprint density at radius 1 is 1.08 bits per heavy atom. The number of hydrogen-bond donors (Lipinski definition) is 2. The molecule has 2 aromatic heterocycles. The number of hydrogen-bond acceptors (Lipinski definition) is 3. The predicted octanol–water partition coefficient (Wildman–Crippen LogP) is 1.47. The van der Waals surface area contributed by atoms with Crippen LogP contribution in [0.4, 0.5) is 0 Å². The third kappa shape index (κ3) is 3.81. The Kier molecular flexibility index (Phi) is 4.90. The lowest BCUT2D eigenvalue weighted by atomic mass is 10.3. The van der Waals surface area contributed by atoms with Crippen LogP contribution in [0.1, 0.15) is 11.3 Å². The van der Waals surface area contributed by atoms with Crippen molar-refractivity contribution in [3.8, 4) is 5.69 Å². The van der Waals surface area contributed by atoms with Crippen molar-refractivity contribution in [3.63, 3.8) is 0 Å². The summed E-state index contributed by atoms with van der Waals surface area (Å²) in [5.41, 5.74) is 3.22. The molecule has 0 radical (unpaired) electrons. The van der Waals surface area contributed by atoms with Crippen molar-refractivity contribution >= 4 is 5.96 Å². The number of para-hydroxylation sites is 1. The molecule has 2 heterocycles. The molecule has 3 rings (SSSR count). The smallest absolute Gasteiger partial charge is 0.191 e. The molecule has 0 bridgehead atoms. The average molecular weight is 323 g/mol. The van der Waals surface area contributed by atoms with E-state index in [2.05, 4.69) is 25.8 Å². The Hall–Kier alpha value is -3.09. The van der Waals surface area contributed by atoms with Crippen molar-refractivity contribution in [2.45, 2.75) is 13.1 Å². The molecule has 0 saturated heterocycles. The summed E-state index contributed by atoms with van der Waals surface area (Å²) >= 11 is 0. The van der Waals surface area contributed by atoms with Gasteiger partial charge in [0.1, 0.15) is 0 Å². The summed E-state index contributed by atoms with van der Waals surface area (Å²) in [7, 11) is 3.68. The van der Waals surface area contributed by atoms with Crippen molar-refractivity contribution in [2.75, 3.05) is 7.05 Å². The van der Waals surface area contributed by atoms with Gasteiger partial charge in [0, 0.05) is 38.6 Å². The molecule has 0 fully saturated rings. The first kappa shape index (κ1) is 15.8. The van der Waals surface area contributed by atoms with Crippen LogP contribution in [0.3, 0.4) is 0 Å². The van der Waals surface area contributed by atoms with Crippen molar-refractivity contribution in [1.29, 1.82) is 0 Å². The van der Waals surface area contributed by atoms with E-state index in [9.17, 15) is 0 Å². The van der Waals surface area contributed by atoms with Gasteiger partial charge >= 0.3 is 0 Å². The molecule has 0 unspecified atom stereocenters. The Bertz CT molecular complexity index is 801. The molecule has 1 aromatic carbocycles. The van der Waals surface area contributed by atoms with Gasteiger partial charge < -0.3 is 10.6 Å². The van der Waals surface area contributed by atoms with Gasteiger partial charge in [-0.05, 0) is 18.2 Å². The molecule has 7 nitrogen and oxygen atoms in total. The topological polar surface area (TPSA) is 72.1 Å². The molecule has 0 aliphatic carbocycles. The average Bonchev–Trinajstić information content (AvgIpc) is 3.25. The van der Waals surface area contributed by atoms with Gasteiger partial charge in [0.15, 0.2) is 5.96 Å². The number of aliphatic imine (C=N–C) groups is 1. The van der Waals surface area contributed by atoms with Crippen molar-refractivity contribution < 1.29 is 0 Å². The van der Waals surface area contributed by atoms with E-state index in [0.29, 0.717) is 13.1 Å². The summed E-state index contributed by atoms with van der Waals surface area (Å²) in [6.07, 6.45) is 5.65. The standard InChI is InChI=1S/C17H21N7/c1-18-17(20-12-16-8-9-21-23(16)2)19-10-14-11-22-24(13-14)15-6-4-3-5-7-15/h3-9,11,13H,10,12H2,1-2H3,(H2,18,19,20). The number of guanidine groups is 1. The Labute approximate surface area is 141 Å². The molecule has 3 aromatic rings. The van der Waals surface area contributed by atoms with Crippen LogP contribution in [0, 0.1) is 0 Å². The van der Waals surface area contributed by atoms with Crippen LogP contribution in [-0.4, -0.2) is 32.6 Å². The first-order valence-electron chi connectivity index (χ1n) is 7.76. The van der Waals surface area contributed by atoms with Gasteiger partial charge in [-0.15, -0.1) is 0 Å². The van der Waals surface area contributed by atoms with E-state index in [0.717, 1.165) is 22.9 Å². The molecule has 0 atom stereocenters. The van der Waals surface area contributed by atoms with Gasteiger partial charge in [0.05, 0.1) is 24.1 Å². The van der Waals surface area contributed by atoms with Crippen molar-refractivity contribution in [3.05, 3.63) is 66.2 Å². The Morgan fingerprint density at radius 3 is 2.58 bits per heavy atom. The van der Waals surface area contributed by atoms with Gasteiger partial charge in [0.2, 0.25) is 0 Å². The predicted molar refractivity (Wildman–Crippen MR) is 93.8 cm³/mol. The zero-order chi connectivity index (χ0) is 16.8. The molecule has 7 heteroatoms. The van der Waals surface area contributed by atoms with Crippen LogP contribution in [-0.2, 0) is 20.1 Å². The highest BCUT2D eigenvalue weighted by Gasteiger charge is 2.04. The molecule has 0 amide bonds. The number of aryl methyl sites for hydroxylation is 1. The van der Waals surface area contributed by atoms with Crippen LogP contribution < -0.4 is 10.6 Å². The molecule has 124 valence electrons. The molecule has 0 aliphatic heterocycles. The number of rotatable bonds is 5. The maximum absolute atomic E-state index is 4.39. The maximum atomic E-state index is 4.39. The normalized spacial score (nSPS) is 11.5. The second-order valence-corrected chi connectivity index (χ2v) is 5.35. The largest absolute Gasteiger partial charge is 0.352 e. The minimum absolute atomic E-state index is 0.651. The summed E-state index contributed by atoms with van der Waals surface area (Å²) in [6.45, 7) is 1.32. The van der Waals surface area contributed by atoms with Crippen molar-refractivity contribution in [1.82, 2.24) is 30.2 Å². The van der Waals surface area contributed by atoms with Crippen LogP contribution in [0.15, 0.2) is 60.0 Å². The molecule has 0 saturated carbocycles. The highest BCUT2D eigenvalue weighted by atomic mass is 15.3. The van der Waals surface area contributed by atoms with Crippen LogP contribution in [0.2, 0.25) is 0 Å². The zero-order valence-electron chi connectivity index (χ0n) is 13.8. The van der Waals surface area contributed by atoms with Gasteiger partial charge in [0.25, 0.3) is 0 Å². The summed E-state index contributed by atoms with van der Waals surface area (Å²) in [6, 6.07) is 12.0. The first-order valence-corrected chi connectivity index (χ1v) is 7.76. The SMILES string of the molecule is CN=C(NCc1cnn(-c2ccccc2)c1)NCc1ccnn1C. The van der Waals surface area contributed by atoms with Crippen LogP contribution in [0.5, 0.6) is 0 Å². The second kappa shape index (κ2) is 7.45. The second-order valence-electron chi connectivity index (χ2n) is 5.35. The highest BCUT2D eigenvalue weighted by molar-refractivity contribution is 5.79. The minimum Gasteiger partial charge on any atom is -0.352 e. The molecule has 2 N–H and O–H groups in total. The quantitative estimate of drug-likeness (QED) is 0.551. The van der Waals surface area contributed by atoms with E-state index >= 15 is 0 Å². The fraction of sp³-hybridized carbons (Fsp3) is 0.235. The molecule has 24 heavy (non-hydrogen) atoms. The number of nitrogens with one attached hydrogen (secondary N) is 2. The number of nitrogens with zero attached hydrogens (tertiary/aromatic N) is 5. The highest BCUT2D eigenvalue weighted by Crippen LogP contribution is 2.07. The lowest BCUT2D eigenvalue weighted by Gasteiger charge is -2.11. The van der Waals surface area contributed by atoms with E-state index in [1.54, 1.807) is 13.2 Å².